The molecule has 0 radical (unpaired) electrons. The molecule has 31 heavy (non-hydrogen) atoms. The predicted molar refractivity (Wildman–Crippen MR) is 118 cm³/mol. The Balaban J connectivity index is 1.42. The highest BCUT2D eigenvalue weighted by Crippen LogP contribution is 2.25. The van der Waals surface area contributed by atoms with E-state index in [0.717, 1.165) is 16.9 Å². The predicted octanol–water partition coefficient (Wildman–Crippen LogP) is 2.74. The van der Waals surface area contributed by atoms with Crippen molar-refractivity contribution in [3.05, 3.63) is 58.7 Å². The van der Waals surface area contributed by atoms with Gasteiger partial charge in [-0.2, -0.15) is 0 Å². The van der Waals surface area contributed by atoms with E-state index in [9.17, 15) is 9.59 Å². The number of ether oxygens (including phenoxy) is 1. The molecule has 3 aromatic rings. The second-order valence-electron chi connectivity index (χ2n) is 6.97. The van der Waals surface area contributed by atoms with Crippen LogP contribution in [-0.2, 0) is 11.4 Å². The van der Waals surface area contributed by atoms with Crippen LogP contribution in [0.25, 0.3) is 0 Å². The van der Waals surface area contributed by atoms with Gasteiger partial charge in [-0.05, 0) is 48.1 Å². The number of anilines is 2. The fraction of sp³-hybridized carbons (Fsp3) is 0.250. The number of hydrogen-bond acceptors (Lipinski definition) is 8. The maximum atomic E-state index is 12.9. The second-order valence-corrected chi connectivity index (χ2v) is 8.34. The molecule has 2 aromatic heterocycles. The zero-order valence-corrected chi connectivity index (χ0v) is 18.1. The first kappa shape index (κ1) is 21.0. The van der Waals surface area contributed by atoms with Crippen LogP contribution in [0.1, 0.15) is 22.8 Å². The number of benzene rings is 1. The van der Waals surface area contributed by atoms with Crippen LogP contribution in [0.5, 0.6) is 5.19 Å². The van der Waals surface area contributed by atoms with Crippen LogP contribution in [0.2, 0.25) is 5.02 Å². The lowest BCUT2D eigenvalue weighted by Crippen LogP contribution is -2.53. The van der Waals surface area contributed by atoms with Crippen LogP contribution in [0.15, 0.2) is 42.6 Å². The number of carbonyl (C=O) groups excluding carboxylic acids is 2. The second kappa shape index (κ2) is 9.27. The largest absolute Gasteiger partial charge is 0.464 e. The molecule has 1 aromatic carbocycles. The van der Waals surface area contributed by atoms with Gasteiger partial charge in [0, 0.05) is 23.8 Å². The average molecular weight is 459 g/mol. The third kappa shape index (κ3) is 5.28. The minimum Gasteiger partial charge on any atom is -0.464 e. The standard InChI is InChI=1S/C20H19ClN6O3S/c1-12-9-27(10-16(28)23-12)17-15(3-2-8-22-17)18(29)24-19-25-26-20(31-19)30-11-13-4-6-14(21)7-5-13/h2-8,12H,9-11H2,1H3,(H,23,28)(H,24,25,29)/t12-/m0/s1. The monoisotopic (exact) mass is 458 g/mol. The lowest BCUT2D eigenvalue weighted by molar-refractivity contribution is -0.121. The number of amides is 2. The van der Waals surface area contributed by atoms with E-state index in [1.54, 1.807) is 35.4 Å². The summed E-state index contributed by atoms with van der Waals surface area (Å²) in [5.74, 6) is -0.0464. The number of pyridine rings is 1. The molecule has 4 rings (SSSR count). The highest BCUT2D eigenvalue weighted by molar-refractivity contribution is 7.17. The van der Waals surface area contributed by atoms with Crippen molar-refractivity contribution in [2.24, 2.45) is 0 Å². The molecular formula is C20H19ClN6O3S. The maximum Gasteiger partial charge on any atom is 0.296 e. The molecule has 160 valence electrons. The van der Waals surface area contributed by atoms with Crippen LogP contribution in [0.3, 0.4) is 0 Å². The molecule has 9 nitrogen and oxygen atoms in total. The van der Waals surface area contributed by atoms with Gasteiger partial charge < -0.3 is 15.0 Å². The molecule has 2 N–H and O–H groups in total. The lowest BCUT2D eigenvalue weighted by Gasteiger charge is -2.32. The normalized spacial score (nSPS) is 16.0. The first-order chi connectivity index (χ1) is 15.0. The maximum absolute atomic E-state index is 12.9. The Morgan fingerprint density at radius 2 is 2.13 bits per heavy atom. The number of hydrogen-bond donors (Lipinski definition) is 2. The summed E-state index contributed by atoms with van der Waals surface area (Å²) in [6.45, 7) is 2.91. The molecule has 1 fully saturated rings. The van der Waals surface area contributed by atoms with Crippen molar-refractivity contribution < 1.29 is 14.3 Å². The Kier molecular flexibility index (Phi) is 6.28. The summed E-state index contributed by atoms with van der Waals surface area (Å²) in [4.78, 5) is 30.9. The minimum absolute atomic E-state index is 0.0392. The Labute approximate surface area is 187 Å². The molecule has 1 saturated heterocycles. The molecule has 2 amide bonds. The molecule has 1 atom stereocenters. The molecule has 0 aliphatic carbocycles. The van der Waals surface area contributed by atoms with Gasteiger partial charge >= 0.3 is 0 Å². The van der Waals surface area contributed by atoms with Crippen LogP contribution >= 0.6 is 22.9 Å². The summed E-state index contributed by atoms with van der Waals surface area (Å²) < 4.78 is 5.63. The third-order valence-corrected chi connectivity index (χ3v) is 5.47. The van der Waals surface area contributed by atoms with Crippen molar-refractivity contribution in [3.63, 3.8) is 0 Å². The number of nitrogens with one attached hydrogen (secondary N) is 2. The fourth-order valence-corrected chi connectivity index (χ4v) is 3.85. The molecule has 3 heterocycles. The SMILES string of the molecule is C[C@H]1CN(c2ncccc2C(=O)Nc2nnc(OCc3ccc(Cl)cc3)s2)CC(=O)N1. The molecule has 0 spiro atoms. The van der Waals surface area contributed by atoms with Crippen molar-refractivity contribution in [2.75, 3.05) is 23.3 Å². The topological polar surface area (TPSA) is 109 Å². The summed E-state index contributed by atoms with van der Waals surface area (Å²) in [5.41, 5.74) is 1.29. The fourth-order valence-electron chi connectivity index (χ4n) is 3.13. The third-order valence-electron chi connectivity index (χ3n) is 4.47. The van der Waals surface area contributed by atoms with Crippen LogP contribution in [0.4, 0.5) is 10.9 Å². The minimum atomic E-state index is -0.387. The zero-order valence-electron chi connectivity index (χ0n) is 16.5. The van der Waals surface area contributed by atoms with E-state index < -0.39 is 0 Å². The number of rotatable bonds is 6. The van der Waals surface area contributed by atoms with Gasteiger partial charge in [0.2, 0.25) is 11.0 Å². The van der Waals surface area contributed by atoms with Gasteiger partial charge in [0.05, 0.1) is 12.1 Å². The summed E-state index contributed by atoms with van der Waals surface area (Å²) in [6, 6.07) is 10.6. The summed E-state index contributed by atoms with van der Waals surface area (Å²) in [7, 11) is 0. The number of aromatic nitrogens is 3. The quantitative estimate of drug-likeness (QED) is 0.584. The Morgan fingerprint density at radius 3 is 2.90 bits per heavy atom. The molecule has 1 aliphatic heterocycles. The van der Waals surface area contributed by atoms with Crippen molar-refractivity contribution in [2.45, 2.75) is 19.6 Å². The van der Waals surface area contributed by atoms with Gasteiger partial charge in [0.25, 0.3) is 11.1 Å². The lowest BCUT2D eigenvalue weighted by atomic mass is 10.1. The first-order valence-electron chi connectivity index (χ1n) is 9.49. The summed E-state index contributed by atoms with van der Waals surface area (Å²) in [5, 5.41) is 14.8. The van der Waals surface area contributed by atoms with Crippen molar-refractivity contribution in [1.29, 1.82) is 0 Å². The van der Waals surface area contributed by atoms with Crippen LogP contribution in [0, 0.1) is 0 Å². The molecule has 0 unspecified atom stereocenters. The van der Waals surface area contributed by atoms with E-state index in [0.29, 0.717) is 39.9 Å². The molecule has 11 heteroatoms. The van der Waals surface area contributed by atoms with Gasteiger partial charge in [0.1, 0.15) is 12.4 Å². The Hall–Kier alpha value is -3.24. The summed E-state index contributed by atoms with van der Waals surface area (Å²) >= 11 is 7.00. The van der Waals surface area contributed by atoms with E-state index in [4.69, 9.17) is 16.3 Å². The molecule has 0 saturated carbocycles. The number of nitrogens with zero attached hydrogens (tertiary/aromatic N) is 4. The van der Waals surface area contributed by atoms with E-state index in [2.05, 4.69) is 25.8 Å². The molecule has 1 aliphatic rings. The Morgan fingerprint density at radius 1 is 1.32 bits per heavy atom. The van der Waals surface area contributed by atoms with Gasteiger partial charge in [-0.25, -0.2) is 4.98 Å². The Bertz CT molecular complexity index is 1090. The molecular weight excluding hydrogens is 440 g/mol. The first-order valence-corrected chi connectivity index (χ1v) is 10.7. The van der Waals surface area contributed by atoms with E-state index in [-0.39, 0.29) is 24.4 Å². The smallest absolute Gasteiger partial charge is 0.296 e. The van der Waals surface area contributed by atoms with E-state index in [1.165, 1.54) is 0 Å². The van der Waals surface area contributed by atoms with Gasteiger partial charge in [-0.3, -0.25) is 14.9 Å². The van der Waals surface area contributed by atoms with E-state index >= 15 is 0 Å². The van der Waals surface area contributed by atoms with Gasteiger partial charge in [0.15, 0.2) is 0 Å². The van der Waals surface area contributed by atoms with E-state index in [1.807, 2.05) is 19.1 Å². The number of piperazine rings is 1. The van der Waals surface area contributed by atoms with Crippen molar-refractivity contribution in [3.8, 4) is 5.19 Å². The van der Waals surface area contributed by atoms with Gasteiger partial charge in [-0.15, -0.1) is 5.10 Å². The van der Waals surface area contributed by atoms with Gasteiger partial charge in [-0.1, -0.05) is 28.8 Å². The van der Waals surface area contributed by atoms with Crippen LogP contribution in [-0.4, -0.2) is 46.1 Å². The van der Waals surface area contributed by atoms with Crippen molar-refractivity contribution in [1.82, 2.24) is 20.5 Å². The van der Waals surface area contributed by atoms with Crippen LogP contribution < -0.4 is 20.3 Å². The number of carbonyl (C=O) groups is 2. The zero-order chi connectivity index (χ0) is 21.8. The average Bonchev–Trinajstić information content (AvgIpc) is 3.20. The number of halogens is 1. The highest BCUT2D eigenvalue weighted by atomic mass is 35.5. The molecule has 0 bridgehead atoms. The summed E-state index contributed by atoms with van der Waals surface area (Å²) in [6.07, 6.45) is 1.59. The van der Waals surface area contributed by atoms with Crippen molar-refractivity contribution >= 4 is 45.7 Å². The highest BCUT2D eigenvalue weighted by Gasteiger charge is 2.26.